The Morgan fingerprint density at radius 2 is 0.750 bits per heavy atom. The van der Waals surface area contributed by atoms with Gasteiger partial charge in [-0.2, -0.15) is 9.80 Å². The first-order valence-corrected chi connectivity index (χ1v) is 5.04. The Labute approximate surface area is 111 Å². The van der Waals surface area contributed by atoms with Gasteiger partial charge in [0.05, 0.1) is 0 Å². The summed E-state index contributed by atoms with van der Waals surface area (Å²) >= 11 is 0. The van der Waals surface area contributed by atoms with Gasteiger partial charge in [-0.3, -0.25) is 19.2 Å². The number of aliphatic hydroxyl groups is 4. The van der Waals surface area contributed by atoms with Crippen molar-refractivity contribution in [2.75, 3.05) is 26.4 Å². The summed E-state index contributed by atoms with van der Waals surface area (Å²) in [5.74, 6) is -6.02. The largest absolute Gasteiger partial charge is 0.386 e. The van der Waals surface area contributed by atoms with Crippen LogP contribution in [-0.2, 0) is 19.2 Å². The van der Waals surface area contributed by atoms with Gasteiger partial charge in [0, 0.05) is 0 Å². The number of carbonyl (C=O) groups excluding carboxylic acids is 5. The Kier molecular flexibility index (Phi) is 7.17. The number of urea groups is 1. The van der Waals surface area contributed by atoms with E-state index in [0.717, 1.165) is 0 Å². The summed E-state index contributed by atoms with van der Waals surface area (Å²) in [7, 11) is 0. The summed E-state index contributed by atoms with van der Waals surface area (Å²) in [5, 5.41) is 34.4. The Balaban J connectivity index is 5.58. The molecule has 0 saturated heterocycles. The third-order valence-electron chi connectivity index (χ3n) is 1.92. The number of rotatable bonds is 4. The van der Waals surface area contributed by atoms with Crippen LogP contribution in [-0.4, -0.2) is 86.3 Å². The van der Waals surface area contributed by atoms with Crippen molar-refractivity contribution < 1.29 is 44.4 Å². The van der Waals surface area contributed by atoms with Crippen LogP contribution in [0.5, 0.6) is 0 Å². The fourth-order valence-electron chi connectivity index (χ4n) is 1.09. The zero-order valence-corrected chi connectivity index (χ0v) is 10.1. The number of hydrogen-bond acceptors (Lipinski definition) is 9. The fraction of sp³-hybridized carbons (Fsp3) is 0.444. The van der Waals surface area contributed by atoms with Gasteiger partial charge in [-0.05, 0) is 0 Å². The van der Waals surface area contributed by atoms with Crippen molar-refractivity contribution >= 4 is 29.7 Å². The monoisotopic (exact) mass is 292 g/mol. The van der Waals surface area contributed by atoms with Gasteiger partial charge in [0.25, 0.3) is 23.6 Å². The van der Waals surface area contributed by atoms with E-state index in [9.17, 15) is 24.0 Å². The van der Waals surface area contributed by atoms with E-state index in [0.29, 0.717) is 0 Å². The zero-order chi connectivity index (χ0) is 15.9. The third-order valence-corrected chi connectivity index (χ3v) is 1.92. The molecule has 0 rings (SSSR count). The normalized spacial score (nSPS) is 9.80. The van der Waals surface area contributed by atoms with Crippen molar-refractivity contribution in [3.8, 4) is 0 Å². The number of aliphatic hydroxyl groups excluding tert-OH is 4. The van der Waals surface area contributed by atoms with Crippen LogP contribution in [0.1, 0.15) is 0 Å². The molecule has 11 heteroatoms. The Morgan fingerprint density at radius 1 is 0.550 bits per heavy atom. The molecule has 20 heavy (non-hydrogen) atoms. The minimum absolute atomic E-state index is 0.346. The second-order valence-corrected chi connectivity index (χ2v) is 3.16. The molecule has 4 N–H and O–H groups in total. The minimum atomic E-state index is -1.82. The van der Waals surface area contributed by atoms with Crippen molar-refractivity contribution in [3.05, 3.63) is 0 Å². The average molecular weight is 292 g/mol. The summed E-state index contributed by atoms with van der Waals surface area (Å²) in [6.07, 6.45) is 0. The molecule has 0 aliphatic rings. The van der Waals surface area contributed by atoms with E-state index >= 15 is 0 Å². The Bertz CT molecular complexity index is 363. The quantitative estimate of drug-likeness (QED) is 0.400. The van der Waals surface area contributed by atoms with Gasteiger partial charge in [-0.1, -0.05) is 0 Å². The molecule has 0 spiro atoms. The zero-order valence-electron chi connectivity index (χ0n) is 10.1. The van der Waals surface area contributed by atoms with Crippen molar-refractivity contribution in [1.29, 1.82) is 0 Å². The lowest BCUT2D eigenvalue weighted by Crippen LogP contribution is -2.56. The van der Waals surface area contributed by atoms with E-state index < -0.39 is 56.1 Å². The minimum Gasteiger partial charge on any atom is -0.386 e. The molecule has 11 nitrogen and oxygen atoms in total. The van der Waals surface area contributed by atoms with E-state index in [4.69, 9.17) is 20.4 Å². The molecule has 0 fully saturated rings. The molecule has 0 unspecified atom stereocenters. The van der Waals surface area contributed by atoms with Gasteiger partial charge >= 0.3 is 6.03 Å². The van der Waals surface area contributed by atoms with Crippen LogP contribution in [0.2, 0.25) is 0 Å². The number of imide groups is 6. The summed E-state index contributed by atoms with van der Waals surface area (Å²) < 4.78 is 0. The number of amides is 6. The van der Waals surface area contributed by atoms with Crippen molar-refractivity contribution in [1.82, 2.24) is 9.80 Å². The molecule has 0 aromatic carbocycles. The number of hydrogen-bond donors (Lipinski definition) is 4. The smallest absolute Gasteiger partial charge is 0.347 e. The number of carbonyl (C=O) groups is 5. The standard InChI is InChI=1S/C9H12N2O9/c12-1-5(16)10(6(17)2-13)9(20)11(7(18)3-14)8(19)4-15/h12-15H,1-4H2. The van der Waals surface area contributed by atoms with Gasteiger partial charge in [0.2, 0.25) is 0 Å². The molecule has 0 saturated carbocycles. The second-order valence-electron chi connectivity index (χ2n) is 3.16. The van der Waals surface area contributed by atoms with E-state index in [1.165, 1.54) is 0 Å². The van der Waals surface area contributed by atoms with Crippen LogP contribution in [0, 0.1) is 0 Å². The Morgan fingerprint density at radius 3 is 0.900 bits per heavy atom. The van der Waals surface area contributed by atoms with Gasteiger partial charge in [-0.15, -0.1) is 0 Å². The van der Waals surface area contributed by atoms with Crippen LogP contribution in [0.15, 0.2) is 0 Å². The SMILES string of the molecule is O=C(CO)N(C(=O)CO)C(=O)N(C(=O)CO)C(=O)CO. The maximum absolute atomic E-state index is 11.8. The van der Waals surface area contributed by atoms with E-state index in [1.807, 2.05) is 0 Å². The van der Waals surface area contributed by atoms with Crippen molar-refractivity contribution in [3.63, 3.8) is 0 Å². The topological polar surface area (TPSA) is 173 Å². The second kappa shape index (κ2) is 8.06. The fourth-order valence-corrected chi connectivity index (χ4v) is 1.09. The lowest BCUT2D eigenvalue weighted by atomic mass is 10.4. The van der Waals surface area contributed by atoms with Crippen LogP contribution in [0.3, 0.4) is 0 Å². The molecule has 112 valence electrons. The van der Waals surface area contributed by atoms with Gasteiger partial charge in [-0.25, -0.2) is 4.79 Å². The summed E-state index contributed by atoms with van der Waals surface area (Å²) in [5.41, 5.74) is 0. The lowest BCUT2D eigenvalue weighted by Gasteiger charge is -2.23. The molecule has 0 bridgehead atoms. The molecule has 0 heterocycles. The highest BCUT2D eigenvalue weighted by atomic mass is 16.3. The summed E-state index contributed by atoms with van der Waals surface area (Å²) in [6, 6.07) is -1.82. The molecular formula is C9H12N2O9. The van der Waals surface area contributed by atoms with Gasteiger partial charge < -0.3 is 20.4 Å². The van der Waals surface area contributed by atoms with Crippen molar-refractivity contribution in [2.24, 2.45) is 0 Å². The van der Waals surface area contributed by atoms with Crippen LogP contribution in [0.25, 0.3) is 0 Å². The molecule has 0 aliphatic heterocycles. The molecule has 0 aliphatic carbocycles. The number of nitrogens with zero attached hydrogens (tertiary/aromatic N) is 2. The highest BCUT2D eigenvalue weighted by Crippen LogP contribution is 2.03. The molecule has 0 aromatic rings. The first-order chi connectivity index (χ1) is 9.35. The molecule has 6 amide bonds. The van der Waals surface area contributed by atoms with Crippen LogP contribution < -0.4 is 0 Å². The predicted molar refractivity (Wildman–Crippen MR) is 57.4 cm³/mol. The van der Waals surface area contributed by atoms with Crippen molar-refractivity contribution in [2.45, 2.75) is 0 Å². The maximum atomic E-state index is 11.8. The average Bonchev–Trinajstić information content (AvgIpc) is 2.46. The third kappa shape index (κ3) is 3.89. The van der Waals surface area contributed by atoms with Crippen LogP contribution in [0.4, 0.5) is 4.79 Å². The van der Waals surface area contributed by atoms with E-state index in [2.05, 4.69) is 0 Å². The molecule has 0 atom stereocenters. The highest BCUT2D eigenvalue weighted by molar-refractivity contribution is 6.20. The lowest BCUT2D eigenvalue weighted by molar-refractivity contribution is -0.148. The summed E-state index contributed by atoms with van der Waals surface area (Å²) in [4.78, 5) is 56.0. The molecule has 0 aromatic heterocycles. The first kappa shape index (κ1) is 17.8. The van der Waals surface area contributed by atoms with E-state index in [1.54, 1.807) is 0 Å². The maximum Gasteiger partial charge on any atom is 0.347 e. The van der Waals surface area contributed by atoms with E-state index in [-0.39, 0.29) is 9.80 Å². The van der Waals surface area contributed by atoms with Gasteiger partial charge in [0.15, 0.2) is 0 Å². The van der Waals surface area contributed by atoms with Crippen LogP contribution >= 0.6 is 0 Å². The highest BCUT2D eigenvalue weighted by Gasteiger charge is 2.37. The molecular weight excluding hydrogens is 280 g/mol. The Hall–Kier alpha value is -2.21. The predicted octanol–water partition coefficient (Wildman–Crippen LogP) is -4.21. The first-order valence-electron chi connectivity index (χ1n) is 5.04. The summed E-state index contributed by atoms with van der Waals surface area (Å²) in [6.45, 7) is -5.25. The van der Waals surface area contributed by atoms with Gasteiger partial charge in [0.1, 0.15) is 26.4 Å². The molecule has 0 radical (unpaired) electrons.